The highest BCUT2D eigenvalue weighted by Gasteiger charge is 1.99. The van der Waals surface area contributed by atoms with E-state index in [1.165, 1.54) is 44.1 Å². The normalized spacial score (nSPS) is 11.2. The van der Waals surface area contributed by atoms with Crippen LogP contribution in [0.4, 0.5) is 11.4 Å². The maximum absolute atomic E-state index is 10.5. The second-order valence-corrected chi connectivity index (χ2v) is 8.64. The summed E-state index contributed by atoms with van der Waals surface area (Å²) < 4.78 is 5.82. The zero-order chi connectivity index (χ0) is 23.6. The van der Waals surface area contributed by atoms with Crippen molar-refractivity contribution >= 4 is 17.3 Å². The third-order valence-corrected chi connectivity index (χ3v) is 5.68. The van der Waals surface area contributed by atoms with Gasteiger partial charge in [-0.1, -0.05) is 70.4 Å². The summed E-state index contributed by atoms with van der Waals surface area (Å²) in [6.45, 7) is 2.95. The maximum atomic E-state index is 10.5. The van der Waals surface area contributed by atoms with Crippen LogP contribution in [0.2, 0.25) is 0 Å². The molecule has 0 saturated carbocycles. The minimum atomic E-state index is -0.693. The molecule has 0 saturated heterocycles. The Morgan fingerprint density at radius 3 is 1.88 bits per heavy atom. The van der Waals surface area contributed by atoms with Crippen LogP contribution in [0.5, 0.6) is 5.75 Å². The summed E-state index contributed by atoms with van der Waals surface area (Å²) in [5, 5.41) is 17.3. The van der Waals surface area contributed by atoms with Crippen LogP contribution in [-0.2, 0) is 11.2 Å². The summed E-state index contributed by atoms with van der Waals surface area (Å²) in [7, 11) is 0. The third kappa shape index (κ3) is 12.8. The molecule has 0 heterocycles. The lowest BCUT2D eigenvalue weighted by molar-refractivity contribution is -0.137. The van der Waals surface area contributed by atoms with Crippen molar-refractivity contribution in [1.29, 1.82) is 0 Å². The summed E-state index contributed by atoms with van der Waals surface area (Å²) in [4.78, 5) is 10.5. The maximum Gasteiger partial charge on any atom is 0.303 e. The number of unbranched alkanes of at least 4 members (excludes halogenated alkanes) is 9. The van der Waals surface area contributed by atoms with Gasteiger partial charge in [0.25, 0.3) is 0 Å². The Labute approximate surface area is 199 Å². The Bertz CT molecular complexity index is 801. The molecule has 0 aliphatic heterocycles. The van der Waals surface area contributed by atoms with E-state index in [4.69, 9.17) is 9.84 Å². The van der Waals surface area contributed by atoms with Gasteiger partial charge in [-0.15, -0.1) is 0 Å². The number of carboxylic acids is 1. The molecule has 5 heteroatoms. The van der Waals surface area contributed by atoms with Crippen LogP contribution >= 0.6 is 0 Å². The molecule has 0 bridgehead atoms. The largest absolute Gasteiger partial charge is 0.494 e. The highest BCUT2D eigenvalue weighted by atomic mass is 16.5. The molecule has 0 spiro atoms. The minimum Gasteiger partial charge on any atom is -0.494 e. The van der Waals surface area contributed by atoms with E-state index in [1.807, 2.05) is 36.4 Å². The first-order valence-electron chi connectivity index (χ1n) is 12.6. The van der Waals surface area contributed by atoms with Crippen molar-refractivity contribution in [1.82, 2.24) is 0 Å². The van der Waals surface area contributed by atoms with Gasteiger partial charge in [0.1, 0.15) is 5.75 Å². The van der Waals surface area contributed by atoms with Crippen LogP contribution in [0.25, 0.3) is 0 Å². The zero-order valence-corrected chi connectivity index (χ0v) is 20.2. The average molecular weight is 453 g/mol. The van der Waals surface area contributed by atoms with E-state index < -0.39 is 5.97 Å². The van der Waals surface area contributed by atoms with E-state index in [0.717, 1.165) is 55.6 Å². The van der Waals surface area contributed by atoms with Crippen molar-refractivity contribution in [2.45, 2.75) is 90.4 Å². The average Bonchev–Trinajstić information content (AvgIpc) is 2.83. The van der Waals surface area contributed by atoms with E-state index in [2.05, 4.69) is 29.3 Å². The van der Waals surface area contributed by atoms with Gasteiger partial charge in [0.05, 0.1) is 18.0 Å². The molecule has 0 atom stereocenters. The van der Waals surface area contributed by atoms with Gasteiger partial charge in [0.2, 0.25) is 0 Å². The predicted octanol–water partition coefficient (Wildman–Crippen LogP) is 8.81. The Morgan fingerprint density at radius 2 is 1.27 bits per heavy atom. The minimum absolute atomic E-state index is 0.292. The molecule has 0 radical (unpaired) electrons. The lowest BCUT2D eigenvalue weighted by Crippen LogP contribution is -1.97. The Balaban J connectivity index is 1.59. The molecule has 2 aromatic rings. The predicted molar refractivity (Wildman–Crippen MR) is 135 cm³/mol. The fraction of sp³-hybridized carbons (Fsp3) is 0.536. The first-order valence-corrected chi connectivity index (χ1v) is 12.6. The van der Waals surface area contributed by atoms with Crippen molar-refractivity contribution in [3.63, 3.8) is 0 Å². The van der Waals surface area contributed by atoms with Gasteiger partial charge < -0.3 is 9.84 Å². The summed E-state index contributed by atoms with van der Waals surface area (Å²) in [5.41, 5.74) is 3.05. The number of aliphatic carboxylic acids is 1. The van der Waals surface area contributed by atoms with E-state index in [0.29, 0.717) is 13.0 Å². The molecule has 0 unspecified atom stereocenters. The van der Waals surface area contributed by atoms with E-state index in [1.54, 1.807) is 0 Å². The quantitative estimate of drug-likeness (QED) is 0.181. The Kier molecular flexibility index (Phi) is 13.6. The standard InChI is InChI=1S/C28H40N2O3/c1-2-3-4-10-13-24-15-17-25(18-16-24)29-30-26-19-21-27(22-20-26)33-23-12-9-7-5-6-8-11-14-28(31)32/h15-22H,2-14,23H2,1H3,(H,31,32). The fourth-order valence-electron chi connectivity index (χ4n) is 3.66. The van der Waals surface area contributed by atoms with Gasteiger partial charge in [-0.3, -0.25) is 4.79 Å². The lowest BCUT2D eigenvalue weighted by Gasteiger charge is -2.06. The lowest BCUT2D eigenvalue weighted by atomic mass is 10.1. The molecule has 180 valence electrons. The van der Waals surface area contributed by atoms with Gasteiger partial charge in [0, 0.05) is 6.42 Å². The molecular formula is C28H40N2O3. The molecular weight excluding hydrogens is 412 g/mol. The van der Waals surface area contributed by atoms with Gasteiger partial charge in [-0.05, 0) is 67.6 Å². The molecule has 5 nitrogen and oxygen atoms in total. The number of benzene rings is 2. The van der Waals surface area contributed by atoms with Crippen LogP contribution in [0.15, 0.2) is 58.8 Å². The number of hydrogen-bond acceptors (Lipinski definition) is 4. The number of aryl methyl sites for hydroxylation is 1. The monoisotopic (exact) mass is 452 g/mol. The number of carboxylic acid groups (broad SMARTS) is 1. The van der Waals surface area contributed by atoms with Gasteiger partial charge in [0.15, 0.2) is 0 Å². The zero-order valence-electron chi connectivity index (χ0n) is 20.2. The van der Waals surface area contributed by atoms with Gasteiger partial charge in [-0.2, -0.15) is 10.2 Å². The smallest absolute Gasteiger partial charge is 0.303 e. The van der Waals surface area contributed by atoms with Crippen molar-refractivity contribution < 1.29 is 14.6 Å². The second-order valence-electron chi connectivity index (χ2n) is 8.64. The summed E-state index contributed by atoms with van der Waals surface area (Å²) >= 11 is 0. The number of carbonyl (C=O) groups is 1. The van der Waals surface area contributed by atoms with E-state index >= 15 is 0 Å². The number of rotatable bonds is 18. The summed E-state index contributed by atoms with van der Waals surface area (Å²) in [6.07, 6.45) is 14.0. The Morgan fingerprint density at radius 1 is 0.727 bits per heavy atom. The molecule has 1 N–H and O–H groups in total. The topological polar surface area (TPSA) is 71.2 Å². The van der Waals surface area contributed by atoms with Crippen molar-refractivity contribution in [3.05, 3.63) is 54.1 Å². The van der Waals surface area contributed by atoms with Crippen molar-refractivity contribution in [2.75, 3.05) is 6.61 Å². The van der Waals surface area contributed by atoms with Crippen LogP contribution in [0, 0.1) is 0 Å². The third-order valence-electron chi connectivity index (χ3n) is 5.68. The highest BCUT2D eigenvalue weighted by Crippen LogP contribution is 2.22. The van der Waals surface area contributed by atoms with Gasteiger partial charge in [-0.25, -0.2) is 0 Å². The van der Waals surface area contributed by atoms with E-state index in [-0.39, 0.29) is 0 Å². The van der Waals surface area contributed by atoms with Crippen molar-refractivity contribution in [3.8, 4) is 5.75 Å². The molecule has 0 aromatic heterocycles. The van der Waals surface area contributed by atoms with Crippen LogP contribution < -0.4 is 4.74 Å². The highest BCUT2D eigenvalue weighted by molar-refractivity contribution is 5.66. The molecule has 33 heavy (non-hydrogen) atoms. The molecule has 2 rings (SSSR count). The number of hydrogen-bond donors (Lipinski definition) is 1. The fourth-order valence-corrected chi connectivity index (χ4v) is 3.66. The molecule has 0 fully saturated rings. The second kappa shape index (κ2) is 16.9. The summed E-state index contributed by atoms with van der Waals surface area (Å²) in [5.74, 6) is 0.163. The first kappa shape index (κ1) is 26.6. The number of ether oxygens (including phenoxy) is 1. The first-order chi connectivity index (χ1) is 16.2. The molecule has 0 amide bonds. The SMILES string of the molecule is CCCCCCc1ccc(N=Nc2ccc(OCCCCCCCCCC(=O)O)cc2)cc1. The summed E-state index contributed by atoms with van der Waals surface area (Å²) in [6, 6.07) is 16.1. The number of azo groups is 1. The Hall–Kier alpha value is -2.69. The van der Waals surface area contributed by atoms with Crippen LogP contribution in [-0.4, -0.2) is 17.7 Å². The number of nitrogens with zero attached hydrogens (tertiary/aromatic N) is 2. The van der Waals surface area contributed by atoms with Crippen LogP contribution in [0.3, 0.4) is 0 Å². The van der Waals surface area contributed by atoms with Crippen LogP contribution in [0.1, 0.15) is 89.5 Å². The molecule has 0 aliphatic carbocycles. The van der Waals surface area contributed by atoms with E-state index in [9.17, 15) is 4.79 Å². The molecule has 0 aliphatic rings. The molecule has 2 aromatic carbocycles. The van der Waals surface area contributed by atoms with Crippen molar-refractivity contribution in [2.24, 2.45) is 10.2 Å². The van der Waals surface area contributed by atoms with Gasteiger partial charge >= 0.3 is 5.97 Å².